The predicted octanol–water partition coefficient (Wildman–Crippen LogP) is 7.09. The molecule has 7 heteroatoms. The molecule has 0 fully saturated rings. The number of thioether (sulfide) groups is 1. The van der Waals surface area contributed by atoms with E-state index in [9.17, 15) is 9.59 Å². The molecule has 0 radical (unpaired) electrons. The second-order valence-corrected chi connectivity index (χ2v) is 12.0. The van der Waals surface area contributed by atoms with Crippen LogP contribution in [0.25, 0.3) is 0 Å². The highest BCUT2D eigenvalue weighted by atomic mass is 35.5. The molecule has 3 rings (SSSR count). The highest BCUT2D eigenvalue weighted by Crippen LogP contribution is 2.25. The van der Waals surface area contributed by atoms with Crippen molar-refractivity contribution in [2.45, 2.75) is 58.0 Å². The summed E-state index contributed by atoms with van der Waals surface area (Å²) in [4.78, 5) is 29.0. The Kier molecular flexibility index (Phi) is 10.5. The lowest BCUT2D eigenvalue weighted by molar-refractivity contribution is -0.140. The Labute approximate surface area is 234 Å². The van der Waals surface area contributed by atoms with Gasteiger partial charge < -0.3 is 10.2 Å². The van der Waals surface area contributed by atoms with Crippen LogP contribution in [0.1, 0.15) is 43.0 Å². The summed E-state index contributed by atoms with van der Waals surface area (Å²) in [6.07, 6.45) is 0.425. The van der Waals surface area contributed by atoms with Crippen molar-refractivity contribution >= 4 is 46.8 Å². The molecule has 0 saturated carbocycles. The van der Waals surface area contributed by atoms with Crippen molar-refractivity contribution in [1.29, 1.82) is 0 Å². The van der Waals surface area contributed by atoms with Crippen molar-refractivity contribution in [1.82, 2.24) is 10.2 Å². The van der Waals surface area contributed by atoms with E-state index in [0.29, 0.717) is 28.8 Å². The number of nitrogens with one attached hydrogen (secondary N) is 1. The van der Waals surface area contributed by atoms with E-state index in [0.717, 1.165) is 22.3 Å². The summed E-state index contributed by atoms with van der Waals surface area (Å²) in [5.41, 5.74) is 3.61. The number of benzene rings is 3. The fourth-order valence-electron chi connectivity index (χ4n) is 3.87. The van der Waals surface area contributed by atoms with Gasteiger partial charge in [-0.05, 0) is 56.5 Å². The Morgan fingerprint density at radius 2 is 1.62 bits per heavy atom. The third kappa shape index (κ3) is 9.41. The standard InChI is InChI=1S/C30H34Cl2N2O2S/c1-21-10-12-23(13-11-21)18-34(28(35)20-37-19-24-14-15-25(31)17-26(24)32)27(29(36)33-30(2,3)4)16-22-8-6-5-7-9-22/h5-15,17,27H,16,18-20H2,1-4H3,(H,33,36)/t27-/m1/s1. The summed E-state index contributed by atoms with van der Waals surface area (Å²) in [6.45, 7) is 8.21. The molecule has 3 aromatic rings. The molecule has 0 heterocycles. The normalized spacial score (nSPS) is 12.2. The number of aryl methyl sites for hydroxylation is 1. The molecule has 0 unspecified atom stereocenters. The molecule has 0 spiro atoms. The monoisotopic (exact) mass is 556 g/mol. The molecular weight excluding hydrogens is 523 g/mol. The first-order chi connectivity index (χ1) is 17.5. The summed E-state index contributed by atoms with van der Waals surface area (Å²) in [7, 11) is 0. The minimum Gasteiger partial charge on any atom is -0.350 e. The maximum Gasteiger partial charge on any atom is 0.243 e. The van der Waals surface area contributed by atoms with Gasteiger partial charge in [-0.15, -0.1) is 11.8 Å². The number of carbonyl (C=O) groups excluding carboxylic acids is 2. The molecule has 0 aliphatic rings. The number of nitrogens with zero attached hydrogens (tertiary/aromatic N) is 1. The topological polar surface area (TPSA) is 49.4 Å². The first kappa shape index (κ1) is 29.1. The van der Waals surface area contributed by atoms with Crippen molar-refractivity contribution in [3.05, 3.63) is 105 Å². The first-order valence-corrected chi connectivity index (χ1v) is 14.2. The van der Waals surface area contributed by atoms with Crippen LogP contribution in [0.4, 0.5) is 0 Å². The minimum atomic E-state index is -0.657. The number of amides is 2. The molecule has 37 heavy (non-hydrogen) atoms. The molecule has 2 amide bonds. The Morgan fingerprint density at radius 3 is 2.24 bits per heavy atom. The number of carbonyl (C=O) groups is 2. The Balaban J connectivity index is 1.87. The molecule has 0 aliphatic heterocycles. The number of halogens is 2. The molecule has 196 valence electrons. The first-order valence-electron chi connectivity index (χ1n) is 12.2. The van der Waals surface area contributed by atoms with Gasteiger partial charge in [0.2, 0.25) is 11.8 Å². The lowest BCUT2D eigenvalue weighted by Crippen LogP contribution is -2.54. The summed E-state index contributed by atoms with van der Waals surface area (Å²) in [6, 6.07) is 22.6. The zero-order chi connectivity index (χ0) is 27.0. The van der Waals surface area contributed by atoms with Crippen LogP contribution in [0.3, 0.4) is 0 Å². The van der Waals surface area contributed by atoms with Crippen molar-refractivity contribution < 1.29 is 9.59 Å². The van der Waals surface area contributed by atoms with Gasteiger partial charge in [-0.1, -0.05) is 89.4 Å². The molecule has 0 aromatic heterocycles. The van der Waals surface area contributed by atoms with Crippen LogP contribution in [0.2, 0.25) is 10.0 Å². The van der Waals surface area contributed by atoms with Gasteiger partial charge in [0.15, 0.2) is 0 Å². The summed E-state index contributed by atoms with van der Waals surface area (Å²) < 4.78 is 0. The lowest BCUT2D eigenvalue weighted by atomic mass is 10.0. The molecular formula is C30H34Cl2N2O2S. The molecule has 1 N–H and O–H groups in total. The van der Waals surface area contributed by atoms with Gasteiger partial charge in [-0.3, -0.25) is 9.59 Å². The third-order valence-electron chi connectivity index (χ3n) is 5.74. The van der Waals surface area contributed by atoms with E-state index in [4.69, 9.17) is 23.2 Å². The van der Waals surface area contributed by atoms with E-state index in [2.05, 4.69) is 5.32 Å². The zero-order valence-corrected chi connectivity index (χ0v) is 24.1. The van der Waals surface area contributed by atoms with Crippen LogP contribution in [0.15, 0.2) is 72.8 Å². The molecule has 1 atom stereocenters. The fraction of sp³-hybridized carbons (Fsp3) is 0.333. The van der Waals surface area contributed by atoms with E-state index in [1.807, 2.05) is 88.4 Å². The highest BCUT2D eigenvalue weighted by Gasteiger charge is 2.32. The average Bonchev–Trinajstić information content (AvgIpc) is 2.83. The smallest absolute Gasteiger partial charge is 0.243 e. The van der Waals surface area contributed by atoms with Gasteiger partial charge >= 0.3 is 0 Å². The predicted molar refractivity (Wildman–Crippen MR) is 156 cm³/mol. The van der Waals surface area contributed by atoms with E-state index in [1.54, 1.807) is 17.0 Å². The number of hydrogen-bond donors (Lipinski definition) is 1. The fourth-order valence-corrected chi connectivity index (χ4v) is 5.34. The van der Waals surface area contributed by atoms with Gasteiger partial charge in [0, 0.05) is 34.3 Å². The van der Waals surface area contributed by atoms with E-state index in [-0.39, 0.29) is 17.6 Å². The molecule has 3 aromatic carbocycles. The van der Waals surface area contributed by atoms with Crippen LogP contribution < -0.4 is 5.32 Å². The molecule has 0 bridgehead atoms. The van der Waals surface area contributed by atoms with Crippen molar-refractivity contribution in [3.8, 4) is 0 Å². The van der Waals surface area contributed by atoms with Gasteiger partial charge in [-0.2, -0.15) is 0 Å². The largest absolute Gasteiger partial charge is 0.350 e. The second kappa shape index (κ2) is 13.4. The van der Waals surface area contributed by atoms with E-state index in [1.165, 1.54) is 11.8 Å². The molecule has 4 nitrogen and oxygen atoms in total. The maximum atomic E-state index is 13.7. The van der Waals surface area contributed by atoms with E-state index >= 15 is 0 Å². The van der Waals surface area contributed by atoms with Crippen LogP contribution in [0.5, 0.6) is 0 Å². The Bertz CT molecular complexity index is 1190. The summed E-state index contributed by atoms with van der Waals surface area (Å²) in [5, 5.41) is 4.25. The Hall–Kier alpha value is -2.47. The van der Waals surface area contributed by atoms with Crippen LogP contribution in [-0.2, 0) is 28.3 Å². The summed E-state index contributed by atoms with van der Waals surface area (Å²) >= 11 is 13.8. The van der Waals surface area contributed by atoms with Gasteiger partial charge in [0.05, 0.1) is 5.75 Å². The average molecular weight is 558 g/mol. The lowest BCUT2D eigenvalue weighted by Gasteiger charge is -2.34. The number of hydrogen-bond acceptors (Lipinski definition) is 3. The quantitative estimate of drug-likeness (QED) is 0.290. The Morgan fingerprint density at radius 1 is 0.946 bits per heavy atom. The van der Waals surface area contributed by atoms with Crippen LogP contribution >= 0.6 is 35.0 Å². The van der Waals surface area contributed by atoms with E-state index < -0.39 is 11.6 Å². The second-order valence-electron chi connectivity index (χ2n) is 10.2. The highest BCUT2D eigenvalue weighted by molar-refractivity contribution is 7.99. The molecule has 0 aliphatic carbocycles. The summed E-state index contributed by atoms with van der Waals surface area (Å²) in [5.74, 6) is 0.527. The van der Waals surface area contributed by atoms with Crippen LogP contribution in [-0.4, -0.2) is 34.0 Å². The SMILES string of the molecule is Cc1ccc(CN(C(=O)CSCc2ccc(Cl)cc2Cl)[C@H](Cc2ccccc2)C(=O)NC(C)(C)C)cc1. The minimum absolute atomic E-state index is 0.0966. The maximum absolute atomic E-state index is 13.7. The van der Waals surface area contributed by atoms with Gasteiger partial charge in [0.1, 0.15) is 6.04 Å². The van der Waals surface area contributed by atoms with Crippen molar-refractivity contribution in [2.24, 2.45) is 0 Å². The zero-order valence-electron chi connectivity index (χ0n) is 21.8. The third-order valence-corrected chi connectivity index (χ3v) is 7.29. The van der Waals surface area contributed by atoms with Crippen molar-refractivity contribution in [2.75, 3.05) is 5.75 Å². The van der Waals surface area contributed by atoms with Crippen LogP contribution in [0, 0.1) is 6.92 Å². The molecule has 0 saturated heterocycles. The number of rotatable bonds is 10. The van der Waals surface area contributed by atoms with Gasteiger partial charge in [-0.25, -0.2) is 0 Å². The van der Waals surface area contributed by atoms with Gasteiger partial charge in [0.25, 0.3) is 0 Å². The van der Waals surface area contributed by atoms with Crippen molar-refractivity contribution in [3.63, 3.8) is 0 Å².